The predicted molar refractivity (Wildman–Crippen MR) is 92.1 cm³/mol. The van der Waals surface area contributed by atoms with E-state index in [-0.39, 0.29) is 11.0 Å². The third-order valence-electron chi connectivity index (χ3n) is 3.06. The lowest BCUT2D eigenvalue weighted by molar-refractivity contribution is 0.104. The van der Waals surface area contributed by atoms with Crippen LogP contribution in [-0.4, -0.2) is 12.8 Å². The van der Waals surface area contributed by atoms with Crippen LogP contribution >= 0.6 is 23.2 Å². The minimum absolute atomic E-state index is 0.0776. The van der Waals surface area contributed by atoms with Gasteiger partial charge in [0.1, 0.15) is 0 Å². The highest BCUT2D eigenvalue weighted by atomic mass is 35.5. The predicted octanol–water partition coefficient (Wildman–Crippen LogP) is 4.29. The molecule has 2 aromatic rings. The lowest BCUT2D eigenvalue weighted by Crippen LogP contribution is -2.14. The molecule has 0 radical (unpaired) electrons. The van der Waals surface area contributed by atoms with E-state index in [0.717, 1.165) is 0 Å². The Bertz CT molecular complexity index is 781. The van der Waals surface area contributed by atoms with Crippen LogP contribution in [0.25, 0.3) is 6.08 Å². The molecule has 1 N–H and O–H groups in total. The molecule has 0 bridgehead atoms. The van der Waals surface area contributed by atoms with E-state index in [1.165, 1.54) is 18.2 Å². The van der Waals surface area contributed by atoms with Gasteiger partial charge in [-0.15, -0.1) is 0 Å². The van der Waals surface area contributed by atoms with Crippen LogP contribution in [0.1, 0.15) is 15.9 Å². The van der Waals surface area contributed by atoms with E-state index in [0.29, 0.717) is 21.3 Å². The van der Waals surface area contributed by atoms with Crippen molar-refractivity contribution in [1.29, 1.82) is 0 Å². The Kier molecular flexibility index (Phi) is 5.36. The highest BCUT2D eigenvalue weighted by Gasteiger charge is 2.09. The number of allylic oxidation sites excluding steroid dienone is 1. The molecule has 112 valence electrons. The molecule has 0 aromatic heterocycles. The molecule has 2 rings (SSSR count). The van der Waals surface area contributed by atoms with Gasteiger partial charge in [-0.25, -0.2) is 0 Å². The molecule has 0 aliphatic heterocycles. The Balaban J connectivity index is 2.41. The van der Waals surface area contributed by atoms with Crippen LogP contribution in [0.5, 0.6) is 0 Å². The molecule has 0 fully saturated rings. The maximum absolute atomic E-state index is 12.3. The van der Waals surface area contributed by atoms with Gasteiger partial charge in [0.15, 0.2) is 5.78 Å². The highest BCUT2D eigenvalue weighted by Crippen LogP contribution is 2.25. The van der Waals surface area contributed by atoms with Gasteiger partial charge >= 0.3 is 0 Å². The van der Waals surface area contributed by atoms with E-state index in [9.17, 15) is 9.59 Å². The second-order valence-corrected chi connectivity index (χ2v) is 5.27. The molecular weight excluding hydrogens is 321 g/mol. The molecule has 0 aliphatic rings. The summed E-state index contributed by atoms with van der Waals surface area (Å²) >= 11 is 12.1. The van der Waals surface area contributed by atoms with Gasteiger partial charge in [-0.3, -0.25) is 9.59 Å². The molecule has 5 heteroatoms. The SMILES string of the molecule is CNc1ccccc(C(=O)C=Cc2c(Cl)cccc2Cl)c1=O. The van der Waals surface area contributed by atoms with Crippen molar-refractivity contribution >= 4 is 40.7 Å². The summed E-state index contributed by atoms with van der Waals surface area (Å²) in [5.41, 5.74) is 0.625. The summed E-state index contributed by atoms with van der Waals surface area (Å²) in [6, 6.07) is 11.5. The second kappa shape index (κ2) is 7.25. The van der Waals surface area contributed by atoms with Crippen molar-refractivity contribution in [2.75, 3.05) is 12.4 Å². The third kappa shape index (κ3) is 3.56. The van der Waals surface area contributed by atoms with Crippen molar-refractivity contribution in [3.63, 3.8) is 0 Å². The molecule has 22 heavy (non-hydrogen) atoms. The zero-order valence-electron chi connectivity index (χ0n) is 11.8. The van der Waals surface area contributed by atoms with Crippen LogP contribution in [-0.2, 0) is 0 Å². The standard InChI is InChI=1S/C17H13Cl2NO2/c1-20-15-8-3-2-5-12(17(15)22)16(21)10-9-11-13(18)6-4-7-14(11)19/h2-10H,1H3,(H,20,22). The Morgan fingerprint density at radius 3 is 2.32 bits per heavy atom. The number of hydrogen-bond acceptors (Lipinski definition) is 3. The van der Waals surface area contributed by atoms with E-state index < -0.39 is 5.78 Å². The summed E-state index contributed by atoms with van der Waals surface area (Å²) in [5.74, 6) is -0.409. The third-order valence-corrected chi connectivity index (χ3v) is 3.72. The van der Waals surface area contributed by atoms with Gasteiger partial charge in [-0.05, 0) is 36.4 Å². The summed E-state index contributed by atoms with van der Waals surface area (Å²) in [6.07, 6.45) is 2.81. The van der Waals surface area contributed by atoms with Crippen molar-refractivity contribution in [2.24, 2.45) is 0 Å². The molecule has 0 saturated carbocycles. The van der Waals surface area contributed by atoms with Crippen molar-refractivity contribution in [3.8, 4) is 0 Å². The fourth-order valence-corrected chi connectivity index (χ4v) is 2.43. The van der Waals surface area contributed by atoms with Gasteiger partial charge in [0.2, 0.25) is 5.43 Å². The average molecular weight is 334 g/mol. The molecule has 0 aliphatic carbocycles. The van der Waals surface area contributed by atoms with Gasteiger partial charge in [-0.1, -0.05) is 41.4 Å². The maximum Gasteiger partial charge on any atom is 0.212 e. The molecule has 0 heterocycles. The number of carbonyl (C=O) groups is 1. The number of rotatable bonds is 4. The first-order valence-electron chi connectivity index (χ1n) is 6.52. The van der Waals surface area contributed by atoms with Crippen molar-refractivity contribution < 1.29 is 4.79 Å². The topological polar surface area (TPSA) is 46.2 Å². The highest BCUT2D eigenvalue weighted by molar-refractivity contribution is 6.37. The maximum atomic E-state index is 12.3. The summed E-state index contributed by atoms with van der Waals surface area (Å²) in [4.78, 5) is 24.5. The summed E-state index contributed by atoms with van der Waals surface area (Å²) in [6.45, 7) is 0. The van der Waals surface area contributed by atoms with Gasteiger partial charge in [0.25, 0.3) is 0 Å². The summed E-state index contributed by atoms with van der Waals surface area (Å²) in [7, 11) is 1.63. The van der Waals surface area contributed by atoms with Crippen LogP contribution in [0, 0.1) is 0 Å². The van der Waals surface area contributed by atoms with E-state index in [2.05, 4.69) is 5.32 Å². The van der Waals surface area contributed by atoms with Gasteiger partial charge in [0, 0.05) is 22.7 Å². The van der Waals surface area contributed by atoms with Crippen molar-refractivity contribution in [1.82, 2.24) is 0 Å². The molecule has 0 spiro atoms. The van der Waals surface area contributed by atoms with E-state index in [1.54, 1.807) is 43.4 Å². The largest absolute Gasteiger partial charge is 0.385 e. The van der Waals surface area contributed by atoms with Crippen LogP contribution < -0.4 is 10.7 Å². The minimum Gasteiger partial charge on any atom is -0.385 e. The smallest absolute Gasteiger partial charge is 0.212 e. The normalized spacial score (nSPS) is 10.7. The number of hydrogen-bond donors (Lipinski definition) is 1. The van der Waals surface area contributed by atoms with E-state index >= 15 is 0 Å². The first-order valence-corrected chi connectivity index (χ1v) is 7.27. The fraction of sp³-hybridized carbons (Fsp3) is 0.0588. The lowest BCUT2D eigenvalue weighted by atomic mass is 10.1. The molecule has 3 nitrogen and oxygen atoms in total. The Labute approximate surface area is 138 Å². The Hall–Kier alpha value is -2.10. The monoisotopic (exact) mass is 333 g/mol. The van der Waals surface area contributed by atoms with Crippen LogP contribution in [0.3, 0.4) is 0 Å². The quantitative estimate of drug-likeness (QED) is 0.670. The number of anilines is 1. The molecule has 0 amide bonds. The molecule has 2 aromatic carbocycles. The fourth-order valence-electron chi connectivity index (χ4n) is 1.91. The molecule has 0 saturated heterocycles. The zero-order valence-corrected chi connectivity index (χ0v) is 13.3. The van der Waals surface area contributed by atoms with Gasteiger partial charge in [-0.2, -0.15) is 0 Å². The number of halogens is 2. The molecule has 0 atom stereocenters. The van der Waals surface area contributed by atoms with Crippen molar-refractivity contribution in [3.05, 3.63) is 79.9 Å². The van der Waals surface area contributed by atoms with Crippen molar-refractivity contribution in [2.45, 2.75) is 0 Å². The van der Waals surface area contributed by atoms with E-state index in [4.69, 9.17) is 23.2 Å². The molecule has 0 unspecified atom stereocenters. The number of ketones is 1. The lowest BCUT2D eigenvalue weighted by Gasteiger charge is -2.00. The number of carbonyl (C=O) groups excluding carboxylic acids is 1. The van der Waals surface area contributed by atoms with E-state index in [1.807, 2.05) is 0 Å². The first kappa shape index (κ1) is 16.3. The minimum atomic E-state index is -0.409. The Morgan fingerprint density at radius 1 is 1.05 bits per heavy atom. The van der Waals surface area contributed by atoms with Gasteiger partial charge < -0.3 is 5.32 Å². The number of benzene rings is 1. The van der Waals surface area contributed by atoms with Crippen LogP contribution in [0.2, 0.25) is 10.0 Å². The summed E-state index contributed by atoms with van der Waals surface area (Å²) < 4.78 is 0. The summed E-state index contributed by atoms with van der Waals surface area (Å²) in [5, 5.41) is 3.65. The number of nitrogens with one attached hydrogen (secondary N) is 1. The zero-order chi connectivity index (χ0) is 16.1. The van der Waals surface area contributed by atoms with Crippen LogP contribution in [0.4, 0.5) is 5.69 Å². The first-order chi connectivity index (χ1) is 10.5. The van der Waals surface area contributed by atoms with Crippen LogP contribution in [0.15, 0.2) is 53.3 Å². The van der Waals surface area contributed by atoms with Gasteiger partial charge in [0.05, 0.1) is 11.3 Å². The second-order valence-electron chi connectivity index (χ2n) is 4.46. The Morgan fingerprint density at radius 2 is 1.68 bits per heavy atom. The average Bonchev–Trinajstić information content (AvgIpc) is 2.68. The molecular formula is C17H13Cl2NO2.